The Hall–Kier alpha value is -8.89. The van der Waals surface area contributed by atoms with Crippen LogP contribution in [0.4, 0.5) is 0 Å². The Bertz CT molecular complexity index is 6730. The summed E-state index contributed by atoms with van der Waals surface area (Å²) in [4.78, 5) is 4.78. The maximum absolute atomic E-state index is 10.6. The standard InChI is InChI=1S/C82H70N4O.Pt/c1-50-21-18-22-51(2)76(50)56-42-67-63-29-14-12-27-61(63)62-28-13-15-30-64(62)68-41-55(54-33-36-70-71(44-54)82(10,11)39-38-81(70,8)9)45-74-79(68)85(78(67)69(43-56)77-52(3)23-19-24-53(77)4)49-84(74)58-25-20-26-59(47-58)87-60-34-35-66-65-31-16-17-32-72(65)86(73(66)48-60)75-46-57(37-40-83-75)80(5,6)7;/h12-37,40-46H,38-39H2,1-11H3;/q-2;/i1D3,2D3,3D3,4D3,8D3,9D3,10D3,11D3,12D,13D,14D,15D,27D,28D,29D,30D,33D,36D,38D2,39D2,44D;. The van der Waals surface area contributed by atoms with E-state index in [1.807, 2.05) is 61.7 Å². The van der Waals surface area contributed by atoms with E-state index in [-0.39, 0.29) is 43.7 Å². The minimum atomic E-state index is -4.85. The van der Waals surface area contributed by atoms with Crippen molar-refractivity contribution in [2.45, 2.75) is 105 Å². The minimum absolute atomic E-state index is 0. The summed E-state index contributed by atoms with van der Waals surface area (Å²) in [7, 11) is 0. The van der Waals surface area contributed by atoms with Crippen LogP contribution in [0.3, 0.4) is 0 Å². The molecule has 0 saturated carbocycles. The van der Waals surface area contributed by atoms with E-state index >= 15 is 0 Å². The number of benzene rings is 10. The van der Waals surface area contributed by atoms with Crippen LogP contribution >= 0.6 is 0 Å². The van der Waals surface area contributed by atoms with Crippen LogP contribution in [0.5, 0.6) is 11.5 Å². The topological polar surface area (TPSA) is 35.9 Å². The molecule has 436 valence electrons. The SMILES string of the molecule is [2H]c1c([2H])c([2H])c2c(c1[2H])-c1cc(-c3c(C([2H])([2H])[2H])cccc3C([2H])([2H])[2H])cc(-c3c(C([2H])([2H])[2H])cccc3C([2H])([2H])[2H])c1-[n+]1[c-]n(-c3[c-]c(Oc4[c-]c5c(cc4)c4ccccc4n5-c4cc(C(C)(C)C)ccn4)ccc3)c3cc(-c4c([2H])c([2H])c5c(c4[2H])C(C([2H])([2H])[2H])(C([2H])([2H])[2H])C([2H])([2H])C([2H])([2H])C5(C([2H])([2H])[2H])C([2H])([2H])[2H])cc(c31)-c1c([2H])c([2H])c([2H])c([2H])c1-2.[Pt]. The fraction of sp³-hybridized carbons (Fsp3) is 0.195. The first-order valence-corrected chi connectivity index (χ1v) is 27.4. The van der Waals surface area contributed by atoms with Gasteiger partial charge in [-0.3, -0.25) is 4.57 Å². The molecule has 0 atom stereocenters. The van der Waals surface area contributed by atoms with E-state index in [1.54, 1.807) is 18.3 Å². The van der Waals surface area contributed by atoms with Gasteiger partial charge >= 0.3 is 0 Å². The minimum Gasteiger partial charge on any atom is -0.510 e. The van der Waals surface area contributed by atoms with Gasteiger partial charge in [-0.1, -0.05) is 181 Å². The van der Waals surface area contributed by atoms with Crippen LogP contribution in [0, 0.1) is 45.9 Å². The van der Waals surface area contributed by atoms with Crippen LogP contribution in [-0.2, 0) is 37.3 Å². The number of nitrogens with zero attached hydrogens (tertiary/aromatic N) is 4. The first-order chi connectivity index (χ1) is 57.9. The molecule has 0 fully saturated rings. The quantitative estimate of drug-likeness (QED) is 0.118. The zero-order valence-corrected chi connectivity index (χ0v) is 49.0. The van der Waals surface area contributed by atoms with Crippen molar-refractivity contribution in [3.05, 3.63) is 257 Å². The molecule has 0 radical (unpaired) electrons. The molecule has 5 nitrogen and oxygen atoms in total. The largest absolute Gasteiger partial charge is 0.510 e. The zero-order chi connectivity index (χ0) is 93.0. The number of fused-ring (bicyclic) bond motifs is 11. The van der Waals surface area contributed by atoms with E-state index in [9.17, 15) is 37.0 Å². The Balaban J connectivity index is 0.0000131. The second-order valence-corrected chi connectivity index (χ2v) is 22.4. The van der Waals surface area contributed by atoms with Gasteiger partial charge in [0, 0.05) is 82.7 Å². The van der Waals surface area contributed by atoms with Crippen LogP contribution in [0.15, 0.2) is 200 Å². The van der Waals surface area contributed by atoms with Crippen LogP contribution in [0.1, 0.15) is 153 Å². The Morgan fingerprint density at radius 2 is 1.19 bits per heavy atom. The zero-order valence-electron chi connectivity index (χ0n) is 85.7. The summed E-state index contributed by atoms with van der Waals surface area (Å²) in [6.45, 7) is -25.6. The van der Waals surface area contributed by atoms with Gasteiger partial charge in [0.2, 0.25) is 0 Å². The predicted molar refractivity (Wildman–Crippen MR) is 359 cm³/mol. The van der Waals surface area contributed by atoms with Crippen molar-refractivity contribution >= 4 is 32.8 Å². The molecule has 3 aromatic heterocycles. The van der Waals surface area contributed by atoms with Crippen molar-refractivity contribution in [2.75, 3.05) is 0 Å². The maximum atomic E-state index is 10.6. The first-order valence-electron chi connectivity index (χ1n) is 46.9. The second-order valence-electron chi connectivity index (χ2n) is 22.4. The summed E-state index contributed by atoms with van der Waals surface area (Å²) >= 11 is 0. The normalized spacial score (nSPS) is 22.6. The number of hydrogen-bond acceptors (Lipinski definition) is 2. The Morgan fingerprint density at radius 3 is 1.89 bits per heavy atom. The first kappa shape index (κ1) is 28.1. The van der Waals surface area contributed by atoms with E-state index in [4.69, 9.17) is 26.2 Å². The van der Waals surface area contributed by atoms with E-state index < -0.39 is 262 Å². The Kier molecular flexibility index (Phi) is 6.75. The number of hydrogen-bond donors (Lipinski definition) is 0. The number of aromatic nitrogens is 4. The van der Waals surface area contributed by atoms with Crippen molar-refractivity contribution in [1.82, 2.24) is 14.1 Å². The number of imidazole rings is 1. The monoisotopic (exact) mass is 1360 g/mol. The molecule has 15 rings (SSSR count). The molecule has 0 spiro atoms. The molecule has 2 aliphatic rings. The smallest absolute Gasteiger partial charge is 0.268 e. The van der Waals surface area contributed by atoms with Crippen molar-refractivity contribution in [3.63, 3.8) is 0 Å². The van der Waals surface area contributed by atoms with Crippen molar-refractivity contribution < 1.29 is 83.8 Å². The van der Waals surface area contributed by atoms with Gasteiger partial charge in [-0.2, -0.15) is 18.2 Å². The van der Waals surface area contributed by atoms with Gasteiger partial charge < -0.3 is 13.9 Å². The van der Waals surface area contributed by atoms with Gasteiger partial charge in [0.25, 0.3) is 6.33 Å². The van der Waals surface area contributed by atoms with Crippen LogP contribution in [0.2, 0.25) is 0 Å². The van der Waals surface area contributed by atoms with E-state index in [2.05, 4.69) is 18.5 Å². The Morgan fingerprint density at radius 1 is 0.568 bits per heavy atom. The number of para-hydroxylation sites is 1. The third-order valence-corrected chi connectivity index (χ3v) is 15.8. The van der Waals surface area contributed by atoms with Gasteiger partial charge in [-0.15, -0.1) is 29.7 Å². The van der Waals surface area contributed by atoms with E-state index in [1.165, 1.54) is 18.2 Å². The van der Waals surface area contributed by atoms with Crippen molar-refractivity contribution in [1.29, 1.82) is 0 Å². The van der Waals surface area contributed by atoms with Crippen molar-refractivity contribution in [2.24, 2.45) is 0 Å². The van der Waals surface area contributed by atoms with Crippen LogP contribution in [0.25, 0.3) is 117 Å². The molecular weight excluding hydrogens is 1250 g/mol. The number of pyridine rings is 1. The summed E-state index contributed by atoms with van der Waals surface area (Å²) in [5, 5.41) is 1.48. The fourth-order valence-electron chi connectivity index (χ4n) is 11.8. The molecule has 0 unspecified atom stereocenters. The van der Waals surface area contributed by atoms with Gasteiger partial charge in [0.05, 0.1) is 31.8 Å². The molecule has 0 bridgehead atoms. The average Bonchev–Trinajstić information content (AvgIpc) is 1.07. The molecule has 10 aromatic carbocycles. The molecule has 0 amide bonds. The Labute approximate surface area is 587 Å². The second kappa shape index (κ2) is 21.2. The third-order valence-electron chi connectivity index (χ3n) is 15.8. The average molecular weight is 1360 g/mol. The summed E-state index contributed by atoms with van der Waals surface area (Å²) in [5.74, 6) is 0.326. The molecule has 0 N–H and O–H groups in total. The number of aryl methyl sites for hydroxylation is 4. The molecule has 88 heavy (non-hydrogen) atoms. The molecule has 4 heterocycles. The van der Waals surface area contributed by atoms with Gasteiger partial charge in [-0.05, 0) is 210 Å². The molecule has 13 aromatic rings. The third kappa shape index (κ3) is 9.30. The summed E-state index contributed by atoms with van der Waals surface area (Å²) in [5.41, 5.74) is -26.1. The number of ether oxygens (including phenoxy) is 1. The van der Waals surface area contributed by atoms with E-state index in [0.717, 1.165) is 86.3 Å². The fourth-order valence-corrected chi connectivity index (χ4v) is 11.8. The maximum Gasteiger partial charge on any atom is 0.268 e. The molecule has 1 aliphatic carbocycles. The summed E-state index contributed by atoms with van der Waals surface area (Å²) < 4.78 is 378. The van der Waals surface area contributed by atoms with Gasteiger partial charge in [0.15, 0.2) is 0 Å². The molecule has 6 heteroatoms. The van der Waals surface area contributed by atoms with Crippen molar-refractivity contribution in [3.8, 4) is 95.5 Å². The number of rotatable bonds is 7. The van der Waals surface area contributed by atoms with Crippen LogP contribution in [-0.4, -0.2) is 14.1 Å². The predicted octanol–water partition coefficient (Wildman–Crippen LogP) is 20.8. The molecule has 1 aliphatic heterocycles. The summed E-state index contributed by atoms with van der Waals surface area (Å²) in [6.07, 6.45) is -4.79. The van der Waals surface area contributed by atoms with Gasteiger partial charge in [-0.25, -0.2) is 4.98 Å². The summed E-state index contributed by atoms with van der Waals surface area (Å²) in [6, 6.07) is 21.3. The van der Waals surface area contributed by atoms with E-state index in [0.29, 0.717) is 16.7 Å². The van der Waals surface area contributed by atoms with Gasteiger partial charge in [0.1, 0.15) is 5.82 Å². The van der Waals surface area contributed by atoms with Crippen LogP contribution < -0.4 is 9.30 Å². The molecular formula is C82H70N4OPt-2. The molecule has 0 saturated heterocycles.